The van der Waals surface area contributed by atoms with Crippen LogP contribution in [0, 0.1) is 6.92 Å². The Morgan fingerprint density at radius 2 is 2.06 bits per heavy atom. The van der Waals surface area contributed by atoms with E-state index in [0.29, 0.717) is 0 Å². The van der Waals surface area contributed by atoms with Gasteiger partial charge in [0, 0.05) is 6.20 Å². The van der Waals surface area contributed by atoms with E-state index in [2.05, 4.69) is 9.72 Å². The number of aromatic nitrogens is 1. The van der Waals surface area contributed by atoms with Crippen LogP contribution in [0.4, 0.5) is 8.78 Å². The van der Waals surface area contributed by atoms with Crippen LogP contribution < -0.4 is 4.74 Å². The second-order valence-corrected chi connectivity index (χ2v) is 3.03. The van der Waals surface area contributed by atoms with Crippen LogP contribution in [0.25, 0.3) is 0 Å². The topological polar surface area (TPSA) is 48.4 Å². The molecule has 0 aliphatic rings. The van der Waals surface area contributed by atoms with Crippen LogP contribution in [0.15, 0.2) is 6.20 Å². The summed E-state index contributed by atoms with van der Waals surface area (Å²) in [6, 6.07) is 0. The van der Waals surface area contributed by atoms with Crippen molar-refractivity contribution in [2.75, 3.05) is 14.2 Å². The number of aryl methyl sites for hydroxylation is 1. The molecule has 0 bridgehead atoms. The summed E-state index contributed by atoms with van der Waals surface area (Å²) >= 11 is 0. The predicted molar refractivity (Wildman–Crippen MR) is 51.8 cm³/mol. The van der Waals surface area contributed by atoms with Crippen LogP contribution in [0.1, 0.15) is 28.0 Å². The summed E-state index contributed by atoms with van der Waals surface area (Å²) in [6.07, 6.45) is -1.54. The molecular weight excluding hydrogens is 220 g/mol. The van der Waals surface area contributed by atoms with Crippen LogP contribution in [0.5, 0.6) is 5.75 Å². The van der Waals surface area contributed by atoms with Gasteiger partial charge in [0.1, 0.15) is 0 Å². The first-order valence-corrected chi connectivity index (χ1v) is 4.42. The monoisotopic (exact) mass is 231 g/mol. The molecule has 0 radical (unpaired) electrons. The van der Waals surface area contributed by atoms with E-state index in [1.165, 1.54) is 20.2 Å². The van der Waals surface area contributed by atoms with Gasteiger partial charge in [-0.05, 0) is 12.5 Å². The van der Waals surface area contributed by atoms with Crippen molar-refractivity contribution >= 4 is 5.97 Å². The molecule has 88 valence electrons. The summed E-state index contributed by atoms with van der Waals surface area (Å²) in [7, 11) is 2.35. The van der Waals surface area contributed by atoms with E-state index in [9.17, 15) is 13.6 Å². The number of hydrogen-bond acceptors (Lipinski definition) is 4. The fourth-order valence-corrected chi connectivity index (χ4v) is 1.32. The lowest BCUT2D eigenvalue weighted by Gasteiger charge is -2.13. The van der Waals surface area contributed by atoms with E-state index in [-0.39, 0.29) is 22.6 Å². The smallest absolute Gasteiger partial charge is 0.360 e. The highest BCUT2D eigenvalue weighted by Crippen LogP contribution is 2.33. The van der Waals surface area contributed by atoms with Crippen LogP contribution in [-0.2, 0) is 4.74 Å². The molecule has 1 heterocycles. The molecule has 0 unspecified atom stereocenters. The average molecular weight is 231 g/mol. The summed E-state index contributed by atoms with van der Waals surface area (Å²) in [6.45, 7) is 1.47. The standard InChI is InChI=1S/C10H11F2NO3/c1-5-4-13-7(10(14)16-3)8(15-2)6(5)9(11)12/h4,9H,1-3H3. The number of esters is 1. The van der Waals surface area contributed by atoms with E-state index in [1.54, 1.807) is 0 Å². The van der Waals surface area contributed by atoms with Gasteiger partial charge in [0.25, 0.3) is 6.43 Å². The maximum Gasteiger partial charge on any atom is 0.360 e. The fraction of sp³-hybridized carbons (Fsp3) is 0.400. The Labute approximate surface area is 91.2 Å². The number of ether oxygens (including phenoxy) is 2. The Kier molecular flexibility index (Phi) is 3.76. The quantitative estimate of drug-likeness (QED) is 0.747. The molecule has 4 nitrogen and oxygen atoms in total. The molecular formula is C10H11F2NO3. The van der Waals surface area contributed by atoms with Crippen LogP contribution >= 0.6 is 0 Å². The molecule has 1 rings (SSSR count). The zero-order valence-electron chi connectivity index (χ0n) is 9.08. The van der Waals surface area contributed by atoms with Crippen molar-refractivity contribution in [3.8, 4) is 5.75 Å². The van der Waals surface area contributed by atoms with E-state index in [1.807, 2.05) is 0 Å². The number of methoxy groups -OCH3 is 2. The van der Waals surface area contributed by atoms with Crippen molar-refractivity contribution < 1.29 is 23.0 Å². The van der Waals surface area contributed by atoms with E-state index in [4.69, 9.17) is 4.74 Å². The minimum absolute atomic E-state index is 0.234. The molecule has 0 aliphatic carbocycles. The van der Waals surface area contributed by atoms with Gasteiger partial charge in [-0.2, -0.15) is 0 Å². The molecule has 0 atom stereocenters. The van der Waals surface area contributed by atoms with E-state index < -0.39 is 12.4 Å². The summed E-state index contributed by atoms with van der Waals surface area (Å²) in [5.74, 6) is -1.04. The molecule has 0 amide bonds. The highest BCUT2D eigenvalue weighted by atomic mass is 19.3. The summed E-state index contributed by atoms with van der Waals surface area (Å²) < 4.78 is 34.8. The molecule has 0 spiro atoms. The number of hydrogen-bond donors (Lipinski definition) is 0. The number of alkyl halides is 2. The molecule has 1 aromatic heterocycles. The van der Waals surface area contributed by atoms with Crippen molar-refractivity contribution in [2.45, 2.75) is 13.3 Å². The van der Waals surface area contributed by atoms with Gasteiger partial charge in [-0.15, -0.1) is 0 Å². The summed E-state index contributed by atoms with van der Waals surface area (Å²) in [5, 5.41) is 0. The van der Waals surface area contributed by atoms with Crippen molar-refractivity contribution in [1.29, 1.82) is 0 Å². The molecule has 16 heavy (non-hydrogen) atoms. The second kappa shape index (κ2) is 4.87. The first-order valence-electron chi connectivity index (χ1n) is 4.42. The van der Waals surface area contributed by atoms with E-state index in [0.717, 1.165) is 7.11 Å². The highest BCUT2D eigenvalue weighted by Gasteiger charge is 2.24. The SMILES string of the molecule is COC(=O)c1ncc(C)c(C(F)F)c1OC. The largest absolute Gasteiger partial charge is 0.494 e. The Balaban J connectivity index is 3.42. The number of pyridine rings is 1. The zero-order chi connectivity index (χ0) is 12.3. The Morgan fingerprint density at radius 3 is 2.50 bits per heavy atom. The van der Waals surface area contributed by atoms with Gasteiger partial charge in [0.15, 0.2) is 11.4 Å². The number of carbonyl (C=O) groups is 1. The second-order valence-electron chi connectivity index (χ2n) is 3.03. The minimum atomic E-state index is -2.73. The number of carbonyl (C=O) groups excluding carboxylic acids is 1. The third-order valence-electron chi connectivity index (χ3n) is 2.07. The maximum atomic E-state index is 12.8. The van der Waals surface area contributed by atoms with Crippen molar-refractivity contribution in [3.05, 3.63) is 23.0 Å². The van der Waals surface area contributed by atoms with Gasteiger partial charge in [-0.1, -0.05) is 0 Å². The van der Waals surface area contributed by atoms with Crippen molar-refractivity contribution in [3.63, 3.8) is 0 Å². The van der Waals surface area contributed by atoms with Crippen LogP contribution in [-0.4, -0.2) is 25.2 Å². The molecule has 0 aromatic carbocycles. The Morgan fingerprint density at radius 1 is 1.44 bits per heavy atom. The number of nitrogens with zero attached hydrogens (tertiary/aromatic N) is 1. The number of halogens is 2. The van der Waals surface area contributed by atoms with Gasteiger partial charge in [0.05, 0.1) is 19.8 Å². The first-order chi connectivity index (χ1) is 7.52. The Hall–Kier alpha value is -1.72. The van der Waals surface area contributed by atoms with Gasteiger partial charge >= 0.3 is 5.97 Å². The van der Waals surface area contributed by atoms with Gasteiger partial charge in [-0.25, -0.2) is 18.6 Å². The lowest BCUT2D eigenvalue weighted by atomic mass is 10.1. The van der Waals surface area contributed by atoms with Gasteiger partial charge in [-0.3, -0.25) is 0 Å². The summed E-state index contributed by atoms with van der Waals surface area (Å²) in [4.78, 5) is 15.0. The Bertz CT molecular complexity index is 407. The third kappa shape index (κ3) is 2.10. The normalized spacial score (nSPS) is 10.4. The van der Waals surface area contributed by atoms with Crippen LogP contribution in [0.3, 0.4) is 0 Å². The highest BCUT2D eigenvalue weighted by molar-refractivity contribution is 5.90. The van der Waals surface area contributed by atoms with Gasteiger partial charge < -0.3 is 9.47 Å². The van der Waals surface area contributed by atoms with E-state index >= 15 is 0 Å². The molecule has 0 saturated carbocycles. The zero-order valence-corrected chi connectivity index (χ0v) is 9.08. The first kappa shape index (κ1) is 12.4. The average Bonchev–Trinajstić information content (AvgIpc) is 2.26. The third-order valence-corrected chi connectivity index (χ3v) is 2.07. The van der Waals surface area contributed by atoms with Crippen molar-refractivity contribution in [2.24, 2.45) is 0 Å². The predicted octanol–water partition coefficient (Wildman–Crippen LogP) is 2.12. The number of rotatable bonds is 3. The molecule has 6 heteroatoms. The van der Waals surface area contributed by atoms with Crippen molar-refractivity contribution in [1.82, 2.24) is 4.98 Å². The molecule has 1 aromatic rings. The lowest BCUT2D eigenvalue weighted by Crippen LogP contribution is -2.10. The summed E-state index contributed by atoms with van der Waals surface area (Å²) in [5.41, 5.74) is -0.316. The molecule has 0 saturated heterocycles. The lowest BCUT2D eigenvalue weighted by molar-refractivity contribution is 0.0588. The molecule has 0 N–H and O–H groups in total. The maximum absolute atomic E-state index is 12.8. The molecule has 0 aliphatic heterocycles. The minimum Gasteiger partial charge on any atom is -0.494 e. The van der Waals surface area contributed by atoms with Crippen LogP contribution in [0.2, 0.25) is 0 Å². The molecule has 0 fully saturated rings. The fourth-order valence-electron chi connectivity index (χ4n) is 1.32. The van der Waals surface area contributed by atoms with Gasteiger partial charge in [0.2, 0.25) is 0 Å².